The predicted octanol–water partition coefficient (Wildman–Crippen LogP) is 4.05. The average molecular weight is 513 g/mol. The van der Waals surface area contributed by atoms with Crippen molar-refractivity contribution in [2.24, 2.45) is 0 Å². The summed E-state index contributed by atoms with van der Waals surface area (Å²) >= 11 is 19.2. The lowest BCUT2D eigenvalue weighted by Crippen LogP contribution is -2.41. The number of sulfonamides is 1. The average Bonchev–Trinajstić information content (AvgIpc) is 2.68. The van der Waals surface area contributed by atoms with E-state index < -0.39 is 32.1 Å². The van der Waals surface area contributed by atoms with Crippen LogP contribution in [0.25, 0.3) is 0 Å². The Kier molecular flexibility index (Phi) is 7.28. The highest BCUT2D eigenvalue weighted by Crippen LogP contribution is 2.39. The molecule has 0 aromatic heterocycles. The first kappa shape index (κ1) is 23.3. The van der Waals surface area contributed by atoms with Crippen molar-refractivity contribution in [1.29, 1.82) is 0 Å². The van der Waals surface area contributed by atoms with Crippen LogP contribution in [0, 0.1) is 0 Å². The molecule has 1 fully saturated rings. The van der Waals surface area contributed by atoms with Gasteiger partial charge in [0.15, 0.2) is 5.75 Å². The largest absolute Gasteiger partial charge is 0.504 e. The van der Waals surface area contributed by atoms with E-state index in [4.69, 9.17) is 34.8 Å². The molecule has 30 heavy (non-hydrogen) atoms. The number of aromatic hydroxyl groups is 1. The second kappa shape index (κ2) is 9.39. The molecule has 1 atom stereocenters. The lowest BCUT2D eigenvalue weighted by molar-refractivity contribution is 0.218. The maximum Gasteiger partial charge on any atom is 0.323 e. The van der Waals surface area contributed by atoms with Gasteiger partial charge in [0.25, 0.3) is 0 Å². The number of carbonyl (C=O) groups excluding carboxylic acids is 1. The number of phenolic OH excluding ortho intramolecular Hbond substituents is 1. The van der Waals surface area contributed by atoms with Gasteiger partial charge in [0.2, 0.25) is 10.0 Å². The number of phenols is 1. The zero-order valence-electron chi connectivity index (χ0n) is 15.1. The Morgan fingerprint density at radius 3 is 2.50 bits per heavy atom. The van der Waals surface area contributed by atoms with Gasteiger partial charge in [-0.1, -0.05) is 40.9 Å². The molecule has 3 rings (SSSR count). The fourth-order valence-corrected chi connectivity index (χ4v) is 6.21. The Hall–Kier alpha value is -1.40. The number of nitrogens with zero attached hydrogens (tertiary/aromatic N) is 1. The Balaban J connectivity index is 1.87. The van der Waals surface area contributed by atoms with E-state index in [0.29, 0.717) is 5.75 Å². The molecule has 8 nitrogen and oxygen atoms in total. The standard InChI is InChI=1S/C17H16Cl3N3O5S2/c18-9-2-1-3-11(14(9)20)21-17(26)22-12-5-4-10(19)16(15(12)25)30(27,28)23-6-7-29-13(24)8-23/h1-5,13,24-25H,6-8H2,(H2,21,22,26). The number of benzene rings is 2. The van der Waals surface area contributed by atoms with Crippen molar-refractivity contribution in [3.63, 3.8) is 0 Å². The van der Waals surface area contributed by atoms with Crippen LogP contribution < -0.4 is 10.6 Å². The Labute approximate surface area is 192 Å². The summed E-state index contributed by atoms with van der Waals surface area (Å²) in [5.74, 6) is -0.331. The highest BCUT2D eigenvalue weighted by molar-refractivity contribution is 8.00. The first-order valence-electron chi connectivity index (χ1n) is 8.44. The van der Waals surface area contributed by atoms with Crippen molar-refractivity contribution in [3.8, 4) is 5.75 Å². The van der Waals surface area contributed by atoms with E-state index in [0.717, 1.165) is 4.31 Å². The summed E-state index contributed by atoms with van der Waals surface area (Å²) in [5, 5.41) is 25.3. The summed E-state index contributed by atoms with van der Waals surface area (Å²) < 4.78 is 27.0. The monoisotopic (exact) mass is 511 g/mol. The van der Waals surface area contributed by atoms with Gasteiger partial charge in [-0.3, -0.25) is 0 Å². The van der Waals surface area contributed by atoms with Crippen LogP contribution in [0.15, 0.2) is 35.2 Å². The molecule has 1 heterocycles. The summed E-state index contributed by atoms with van der Waals surface area (Å²) in [4.78, 5) is 11.8. The third kappa shape index (κ3) is 4.91. The molecule has 1 saturated heterocycles. The predicted molar refractivity (Wildman–Crippen MR) is 119 cm³/mol. The second-order valence-electron chi connectivity index (χ2n) is 6.14. The van der Waals surface area contributed by atoms with Gasteiger partial charge in [0.05, 0.1) is 26.4 Å². The molecule has 0 bridgehead atoms. The minimum atomic E-state index is -4.22. The molecule has 0 radical (unpaired) electrons. The number of nitrogens with one attached hydrogen (secondary N) is 2. The van der Waals surface area contributed by atoms with Crippen molar-refractivity contribution in [1.82, 2.24) is 4.31 Å². The summed E-state index contributed by atoms with van der Waals surface area (Å²) in [7, 11) is -4.22. The van der Waals surface area contributed by atoms with Crippen molar-refractivity contribution < 1.29 is 23.4 Å². The molecule has 0 spiro atoms. The van der Waals surface area contributed by atoms with Gasteiger partial charge < -0.3 is 20.8 Å². The van der Waals surface area contributed by atoms with Crippen molar-refractivity contribution in [3.05, 3.63) is 45.4 Å². The van der Waals surface area contributed by atoms with Gasteiger partial charge in [-0.15, -0.1) is 11.8 Å². The van der Waals surface area contributed by atoms with Crippen molar-refractivity contribution in [2.45, 2.75) is 10.3 Å². The quantitative estimate of drug-likeness (QED) is 0.459. The van der Waals surface area contributed by atoms with Gasteiger partial charge in [-0.25, -0.2) is 13.2 Å². The van der Waals surface area contributed by atoms with E-state index in [1.165, 1.54) is 30.0 Å². The first-order chi connectivity index (χ1) is 14.1. The normalized spacial score (nSPS) is 17.5. The van der Waals surface area contributed by atoms with E-state index in [9.17, 15) is 23.4 Å². The van der Waals surface area contributed by atoms with Gasteiger partial charge in [-0.2, -0.15) is 4.31 Å². The number of carbonyl (C=O) groups is 1. The van der Waals surface area contributed by atoms with Gasteiger partial charge in [0.1, 0.15) is 10.3 Å². The van der Waals surface area contributed by atoms with E-state index >= 15 is 0 Å². The number of aliphatic hydroxyl groups excluding tert-OH is 1. The number of urea groups is 1. The number of amides is 2. The van der Waals surface area contributed by atoms with E-state index in [2.05, 4.69) is 10.6 Å². The fourth-order valence-electron chi connectivity index (χ4n) is 2.73. The smallest absolute Gasteiger partial charge is 0.323 e. The summed E-state index contributed by atoms with van der Waals surface area (Å²) in [6, 6.07) is 6.36. The summed E-state index contributed by atoms with van der Waals surface area (Å²) in [5.41, 5.74) is -0.840. The van der Waals surface area contributed by atoms with Crippen LogP contribution in [0.2, 0.25) is 15.1 Å². The molecule has 0 aliphatic carbocycles. The fraction of sp³-hybridized carbons (Fsp3) is 0.235. The molecule has 1 unspecified atom stereocenters. The van der Waals surface area contributed by atoms with Crippen LogP contribution in [-0.2, 0) is 10.0 Å². The van der Waals surface area contributed by atoms with Crippen molar-refractivity contribution in [2.75, 3.05) is 29.5 Å². The summed E-state index contributed by atoms with van der Waals surface area (Å²) in [6.45, 7) is -0.000582. The number of hydrogen-bond donors (Lipinski definition) is 4. The molecule has 2 amide bonds. The third-order valence-corrected chi connectivity index (χ3v) is 8.28. The number of rotatable bonds is 4. The minimum Gasteiger partial charge on any atom is -0.504 e. The molecule has 1 aliphatic rings. The maximum atomic E-state index is 13.0. The zero-order valence-corrected chi connectivity index (χ0v) is 19.0. The highest BCUT2D eigenvalue weighted by atomic mass is 35.5. The molecule has 2 aromatic rings. The van der Waals surface area contributed by atoms with Crippen LogP contribution in [0.4, 0.5) is 16.2 Å². The van der Waals surface area contributed by atoms with Crippen LogP contribution in [0.1, 0.15) is 0 Å². The van der Waals surface area contributed by atoms with Gasteiger partial charge in [-0.05, 0) is 24.3 Å². The van der Waals surface area contributed by atoms with Crippen molar-refractivity contribution >= 4 is 74.0 Å². The maximum absolute atomic E-state index is 13.0. The third-order valence-electron chi connectivity index (χ3n) is 4.14. The molecular formula is C17H16Cl3N3O5S2. The lowest BCUT2D eigenvalue weighted by atomic mass is 10.3. The topological polar surface area (TPSA) is 119 Å². The first-order valence-corrected chi connectivity index (χ1v) is 12.1. The van der Waals surface area contributed by atoms with Crippen LogP contribution in [0.5, 0.6) is 5.75 Å². The summed E-state index contributed by atoms with van der Waals surface area (Å²) in [6.07, 6.45) is 0. The molecule has 4 N–H and O–H groups in total. The molecular weight excluding hydrogens is 497 g/mol. The Morgan fingerprint density at radius 1 is 1.10 bits per heavy atom. The SMILES string of the molecule is O=C(Nc1ccc(Cl)c(S(=O)(=O)N2CCSC(O)C2)c1O)Nc1cccc(Cl)c1Cl. The molecule has 13 heteroatoms. The number of hydrogen-bond acceptors (Lipinski definition) is 6. The van der Waals surface area contributed by atoms with Gasteiger partial charge in [0, 0.05) is 18.8 Å². The van der Waals surface area contributed by atoms with Crippen LogP contribution in [-0.4, -0.2) is 53.2 Å². The number of halogens is 3. The van der Waals surface area contributed by atoms with Crippen LogP contribution in [0.3, 0.4) is 0 Å². The molecule has 1 aliphatic heterocycles. The zero-order chi connectivity index (χ0) is 22.1. The number of β-amino-alcohol motifs (C(OH)–C–C–N with tert-alkyl or cyclic N) is 1. The number of aliphatic hydroxyl groups is 1. The molecule has 162 valence electrons. The number of thioether (sulfide) groups is 1. The molecule has 2 aromatic carbocycles. The second-order valence-corrected chi connectivity index (χ2v) is 10.5. The van der Waals surface area contributed by atoms with E-state index in [-0.39, 0.29) is 39.5 Å². The van der Waals surface area contributed by atoms with E-state index in [1.54, 1.807) is 12.1 Å². The van der Waals surface area contributed by atoms with E-state index in [1.807, 2.05) is 0 Å². The Morgan fingerprint density at radius 2 is 1.80 bits per heavy atom. The highest BCUT2D eigenvalue weighted by Gasteiger charge is 2.34. The molecule has 0 saturated carbocycles. The minimum absolute atomic E-state index is 0.124. The van der Waals surface area contributed by atoms with Crippen LogP contribution >= 0.6 is 46.6 Å². The Bertz CT molecular complexity index is 1080. The van der Waals surface area contributed by atoms with Gasteiger partial charge >= 0.3 is 6.03 Å². The number of anilines is 2. The lowest BCUT2D eigenvalue weighted by Gasteiger charge is -2.29.